The number of aromatic nitrogens is 2. The zero-order chi connectivity index (χ0) is 18.4. The van der Waals surface area contributed by atoms with Crippen LogP contribution in [0.3, 0.4) is 0 Å². The van der Waals surface area contributed by atoms with E-state index in [0.717, 1.165) is 53.2 Å². The van der Waals surface area contributed by atoms with E-state index >= 15 is 0 Å². The molecule has 1 saturated heterocycles. The number of piperazine rings is 1. The number of fused-ring (bicyclic) bond motifs is 2. The van der Waals surface area contributed by atoms with E-state index in [-0.39, 0.29) is 0 Å². The quantitative estimate of drug-likeness (QED) is 0.508. The molecule has 0 radical (unpaired) electrons. The number of ether oxygens (including phenoxy) is 1. The van der Waals surface area contributed by atoms with Crippen LogP contribution in [-0.4, -0.2) is 43.3 Å². The van der Waals surface area contributed by atoms with Crippen LogP contribution in [0, 0.1) is 6.92 Å². The molecule has 1 aliphatic heterocycles. The van der Waals surface area contributed by atoms with Crippen LogP contribution in [0.1, 0.15) is 5.56 Å². The Morgan fingerprint density at radius 1 is 0.889 bits per heavy atom. The summed E-state index contributed by atoms with van der Waals surface area (Å²) >= 11 is 3.53. The summed E-state index contributed by atoms with van der Waals surface area (Å²) in [7, 11) is 1.70. The second kappa shape index (κ2) is 6.65. The van der Waals surface area contributed by atoms with Gasteiger partial charge in [-0.25, -0.2) is 9.97 Å². The number of benzene rings is 2. The highest BCUT2D eigenvalue weighted by atomic mass is 32.1. The van der Waals surface area contributed by atoms with E-state index in [1.165, 1.54) is 15.0 Å². The lowest BCUT2D eigenvalue weighted by atomic mass is 10.2. The van der Waals surface area contributed by atoms with Gasteiger partial charge >= 0.3 is 0 Å². The molecule has 27 heavy (non-hydrogen) atoms. The van der Waals surface area contributed by atoms with Crippen molar-refractivity contribution in [1.82, 2.24) is 9.97 Å². The number of anilines is 2. The fourth-order valence-electron chi connectivity index (χ4n) is 3.46. The lowest BCUT2D eigenvalue weighted by Crippen LogP contribution is -2.46. The number of aryl methyl sites for hydroxylation is 1. The number of rotatable bonds is 3. The van der Waals surface area contributed by atoms with E-state index in [1.54, 1.807) is 29.8 Å². The van der Waals surface area contributed by atoms with Crippen molar-refractivity contribution in [1.29, 1.82) is 0 Å². The number of methoxy groups -OCH3 is 1. The minimum Gasteiger partial charge on any atom is -0.494 e. The third-order valence-electron chi connectivity index (χ3n) is 4.94. The zero-order valence-corrected chi connectivity index (χ0v) is 16.9. The molecule has 5 nitrogen and oxygen atoms in total. The van der Waals surface area contributed by atoms with Crippen LogP contribution in [-0.2, 0) is 0 Å². The van der Waals surface area contributed by atoms with Crippen molar-refractivity contribution in [2.75, 3.05) is 43.1 Å². The van der Waals surface area contributed by atoms with Crippen LogP contribution in [0.4, 0.5) is 10.3 Å². The maximum atomic E-state index is 5.45. The Labute approximate surface area is 165 Å². The summed E-state index contributed by atoms with van der Waals surface area (Å²) in [6.45, 7) is 5.97. The highest BCUT2D eigenvalue weighted by Gasteiger charge is 2.22. The predicted molar refractivity (Wildman–Crippen MR) is 115 cm³/mol. The topological polar surface area (TPSA) is 41.5 Å². The molecule has 1 aliphatic rings. The first-order valence-corrected chi connectivity index (χ1v) is 10.7. The molecular formula is C20H20N4OS2. The standard InChI is InChI=1S/C20H20N4OS2/c1-13-6-7-14-17(12-13)27-19(21-14)23-8-10-24(11-9-23)20-22-18-15(25-2)4-3-5-16(18)26-20/h3-7,12H,8-11H2,1-2H3. The fourth-order valence-corrected chi connectivity index (χ4v) is 5.61. The van der Waals surface area contributed by atoms with Crippen molar-refractivity contribution in [3.05, 3.63) is 42.0 Å². The van der Waals surface area contributed by atoms with Gasteiger partial charge in [0.05, 0.1) is 22.0 Å². The minimum atomic E-state index is 0.846. The van der Waals surface area contributed by atoms with Gasteiger partial charge in [0, 0.05) is 26.2 Å². The highest BCUT2D eigenvalue weighted by molar-refractivity contribution is 7.22. The van der Waals surface area contributed by atoms with Gasteiger partial charge in [-0.05, 0) is 36.8 Å². The molecule has 0 N–H and O–H groups in total. The molecular weight excluding hydrogens is 376 g/mol. The van der Waals surface area contributed by atoms with Gasteiger partial charge in [-0.15, -0.1) is 0 Å². The van der Waals surface area contributed by atoms with Gasteiger partial charge in [-0.3, -0.25) is 0 Å². The summed E-state index contributed by atoms with van der Waals surface area (Å²) in [5.41, 5.74) is 3.35. The maximum absolute atomic E-state index is 5.45. The lowest BCUT2D eigenvalue weighted by molar-refractivity contribution is 0.419. The summed E-state index contributed by atoms with van der Waals surface area (Å²) in [4.78, 5) is 14.4. The summed E-state index contributed by atoms with van der Waals surface area (Å²) in [6, 6.07) is 12.6. The molecule has 7 heteroatoms. The van der Waals surface area contributed by atoms with Crippen molar-refractivity contribution in [3.63, 3.8) is 0 Å². The Bertz CT molecular complexity index is 1110. The normalized spacial score (nSPS) is 15.0. The van der Waals surface area contributed by atoms with E-state index in [4.69, 9.17) is 14.7 Å². The summed E-state index contributed by atoms with van der Waals surface area (Å²) in [5.74, 6) is 0.846. The minimum absolute atomic E-state index is 0.846. The molecule has 0 amide bonds. The van der Waals surface area contributed by atoms with Crippen LogP contribution in [0.2, 0.25) is 0 Å². The first kappa shape index (κ1) is 16.8. The molecule has 0 unspecified atom stereocenters. The third-order valence-corrected chi connectivity index (χ3v) is 7.10. The van der Waals surface area contributed by atoms with Gasteiger partial charge in [0.1, 0.15) is 11.3 Å². The summed E-state index contributed by atoms with van der Waals surface area (Å²) < 4.78 is 7.89. The van der Waals surface area contributed by atoms with Crippen LogP contribution in [0.15, 0.2) is 36.4 Å². The van der Waals surface area contributed by atoms with Crippen molar-refractivity contribution in [2.45, 2.75) is 6.92 Å². The second-order valence-electron chi connectivity index (χ2n) is 6.75. The van der Waals surface area contributed by atoms with Crippen molar-refractivity contribution in [3.8, 4) is 5.75 Å². The molecule has 1 fully saturated rings. The van der Waals surface area contributed by atoms with Gasteiger partial charge in [0.25, 0.3) is 0 Å². The van der Waals surface area contributed by atoms with E-state index in [2.05, 4.69) is 41.0 Å². The monoisotopic (exact) mass is 396 g/mol. The lowest BCUT2D eigenvalue weighted by Gasteiger charge is -2.34. The predicted octanol–water partition coefficient (Wildman–Crippen LogP) is 4.55. The fraction of sp³-hybridized carbons (Fsp3) is 0.300. The van der Waals surface area contributed by atoms with Crippen LogP contribution in [0.25, 0.3) is 20.4 Å². The molecule has 138 valence electrons. The van der Waals surface area contributed by atoms with Gasteiger partial charge < -0.3 is 14.5 Å². The molecule has 0 spiro atoms. The zero-order valence-electron chi connectivity index (χ0n) is 15.3. The molecule has 0 aliphatic carbocycles. The Morgan fingerprint density at radius 3 is 2.33 bits per heavy atom. The smallest absolute Gasteiger partial charge is 0.186 e. The van der Waals surface area contributed by atoms with Crippen LogP contribution < -0.4 is 14.5 Å². The molecule has 5 rings (SSSR count). The number of thiazole rings is 2. The average Bonchev–Trinajstić information content (AvgIpc) is 3.31. The molecule has 0 atom stereocenters. The van der Waals surface area contributed by atoms with Gasteiger partial charge in [-0.2, -0.15) is 0 Å². The molecule has 2 aromatic carbocycles. The van der Waals surface area contributed by atoms with Gasteiger partial charge in [0.2, 0.25) is 0 Å². The average molecular weight is 397 g/mol. The summed E-state index contributed by atoms with van der Waals surface area (Å²) in [6.07, 6.45) is 0. The van der Waals surface area contributed by atoms with Gasteiger partial charge in [0.15, 0.2) is 10.3 Å². The number of nitrogens with zero attached hydrogens (tertiary/aromatic N) is 4. The third kappa shape index (κ3) is 3.00. The maximum Gasteiger partial charge on any atom is 0.186 e. The van der Waals surface area contributed by atoms with E-state index in [1.807, 2.05) is 12.1 Å². The number of para-hydroxylation sites is 1. The molecule has 0 bridgehead atoms. The molecule has 2 aromatic heterocycles. The first-order valence-electron chi connectivity index (χ1n) is 9.02. The second-order valence-corrected chi connectivity index (χ2v) is 8.76. The molecule has 3 heterocycles. The van der Waals surface area contributed by atoms with E-state index < -0.39 is 0 Å². The Kier molecular flexibility index (Phi) is 4.13. The molecule has 0 saturated carbocycles. The Balaban J connectivity index is 1.35. The van der Waals surface area contributed by atoms with Crippen LogP contribution in [0.5, 0.6) is 5.75 Å². The Morgan fingerprint density at radius 2 is 1.59 bits per heavy atom. The van der Waals surface area contributed by atoms with Crippen molar-refractivity contribution in [2.24, 2.45) is 0 Å². The van der Waals surface area contributed by atoms with Crippen molar-refractivity contribution < 1.29 is 4.74 Å². The highest BCUT2D eigenvalue weighted by Crippen LogP contribution is 2.35. The van der Waals surface area contributed by atoms with Crippen LogP contribution >= 0.6 is 22.7 Å². The SMILES string of the molecule is COc1cccc2sc(N3CCN(c4nc5ccc(C)cc5s4)CC3)nc12. The first-order chi connectivity index (χ1) is 13.2. The number of hydrogen-bond acceptors (Lipinski definition) is 7. The summed E-state index contributed by atoms with van der Waals surface area (Å²) in [5, 5.41) is 2.20. The largest absolute Gasteiger partial charge is 0.494 e. The van der Waals surface area contributed by atoms with Crippen molar-refractivity contribution >= 4 is 53.4 Å². The van der Waals surface area contributed by atoms with Gasteiger partial charge in [-0.1, -0.05) is 34.8 Å². The number of hydrogen-bond donors (Lipinski definition) is 0. The Hall–Kier alpha value is -2.38. The van der Waals surface area contributed by atoms with E-state index in [9.17, 15) is 0 Å². The molecule has 4 aromatic rings. The van der Waals surface area contributed by atoms with E-state index in [0.29, 0.717) is 0 Å².